The van der Waals surface area contributed by atoms with Gasteiger partial charge < -0.3 is 9.72 Å². The van der Waals surface area contributed by atoms with Crippen LogP contribution in [0, 0.1) is 5.82 Å². The fourth-order valence-corrected chi connectivity index (χ4v) is 2.31. The summed E-state index contributed by atoms with van der Waals surface area (Å²) >= 11 is 0. The Labute approximate surface area is 115 Å². The molecule has 20 heavy (non-hydrogen) atoms. The fraction of sp³-hybridized carbons (Fsp3) is 0.0625. The summed E-state index contributed by atoms with van der Waals surface area (Å²) < 4.78 is 18.9. The second kappa shape index (κ2) is 4.81. The number of fused-ring (bicyclic) bond motifs is 1. The molecule has 0 fully saturated rings. The van der Waals surface area contributed by atoms with Gasteiger partial charge in [0.05, 0.1) is 18.3 Å². The van der Waals surface area contributed by atoms with Crippen molar-refractivity contribution in [1.82, 2.24) is 4.98 Å². The molecule has 3 rings (SSSR count). The van der Waals surface area contributed by atoms with Gasteiger partial charge >= 0.3 is 0 Å². The Morgan fingerprint density at radius 1 is 1.15 bits per heavy atom. The highest BCUT2D eigenvalue weighted by atomic mass is 19.1. The van der Waals surface area contributed by atoms with E-state index in [0.717, 1.165) is 17.6 Å². The van der Waals surface area contributed by atoms with Crippen molar-refractivity contribution in [2.75, 3.05) is 7.11 Å². The lowest BCUT2D eigenvalue weighted by atomic mass is 10.1. The Morgan fingerprint density at radius 2 is 1.90 bits per heavy atom. The molecule has 0 aliphatic carbocycles. The number of H-pyrrole nitrogens is 1. The molecule has 0 spiro atoms. The number of halogens is 1. The van der Waals surface area contributed by atoms with Crippen LogP contribution >= 0.6 is 0 Å². The summed E-state index contributed by atoms with van der Waals surface area (Å²) in [4.78, 5) is 14.3. The smallest absolute Gasteiger partial charge is 0.152 e. The van der Waals surface area contributed by atoms with Crippen molar-refractivity contribution >= 4 is 17.2 Å². The molecule has 0 aliphatic heterocycles. The molecule has 0 unspecified atom stereocenters. The van der Waals surface area contributed by atoms with Crippen LogP contribution in [-0.4, -0.2) is 18.4 Å². The Balaban J connectivity index is 2.24. The summed E-state index contributed by atoms with van der Waals surface area (Å²) in [7, 11) is 1.59. The van der Waals surface area contributed by atoms with E-state index in [9.17, 15) is 9.18 Å². The van der Waals surface area contributed by atoms with Crippen LogP contribution in [0.3, 0.4) is 0 Å². The molecule has 1 N–H and O–H groups in total. The monoisotopic (exact) mass is 269 g/mol. The maximum Gasteiger partial charge on any atom is 0.152 e. The first kappa shape index (κ1) is 12.4. The van der Waals surface area contributed by atoms with Gasteiger partial charge in [-0.15, -0.1) is 0 Å². The molecule has 0 radical (unpaired) electrons. The van der Waals surface area contributed by atoms with Crippen molar-refractivity contribution in [3.05, 3.63) is 53.8 Å². The normalized spacial score (nSPS) is 10.7. The third kappa shape index (κ3) is 1.86. The average molecular weight is 269 g/mol. The number of hydrogen-bond donors (Lipinski definition) is 1. The maximum absolute atomic E-state index is 13.8. The predicted molar refractivity (Wildman–Crippen MR) is 75.6 cm³/mol. The second-order valence-electron chi connectivity index (χ2n) is 4.42. The summed E-state index contributed by atoms with van der Waals surface area (Å²) in [5.41, 5.74) is 2.23. The Bertz CT molecular complexity index is 775. The highest BCUT2D eigenvalue weighted by Gasteiger charge is 2.14. The number of benzene rings is 2. The zero-order valence-electron chi connectivity index (χ0n) is 10.8. The zero-order valence-corrected chi connectivity index (χ0v) is 10.8. The van der Waals surface area contributed by atoms with E-state index in [2.05, 4.69) is 4.98 Å². The summed E-state index contributed by atoms with van der Waals surface area (Å²) in [6, 6.07) is 11.9. The fourth-order valence-electron chi connectivity index (χ4n) is 2.31. The molecular formula is C16H12FNO2. The van der Waals surface area contributed by atoms with Crippen molar-refractivity contribution in [2.45, 2.75) is 0 Å². The van der Waals surface area contributed by atoms with Gasteiger partial charge in [0.15, 0.2) is 6.29 Å². The van der Waals surface area contributed by atoms with Crippen molar-refractivity contribution in [3.63, 3.8) is 0 Å². The number of hydrogen-bond acceptors (Lipinski definition) is 2. The number of methoxy groups -OCH3 is 1. The molecule has 100 valence electrons. The largest absolute Gasteiger partial charge is 0.497 e. The highest BCUT2D eigenvalue weighted by molar-refractivity contribution is 6.04. The summed E-state index contributed by atoms with van der Waals surface area (Å²) in [6.07, 6.45) is 0.748. The number of rotatable bonds is 3. The second-order valence-corrected chi connectivity index (χ2v) is 4.42. The molecule has 0 saturated heterocycles. The number of aldehydes is 1. The lowest BCUT2D eigenvalue weighted by Crippen LogP contribution is -1.86. The zero-order chi connectivity index (χ0) is 14.1. The number of nitrogens with one attached hydrogen (secondary N) is 1. The Hall–Kier alpha value is -2.62. The molecule has 0 atom stereocenters. The standard InChI is InChI=1S/C16H12FNO2/c1-20-11-7-5-10(6-8-11)15-13(9-19)12-3-2-4-14(17)16(12)18-15/h2-9,18H,1H3. The number of para-hydroxylation sites is 1. The molecule has 2 aromatic carbocycles. The van der Waals surface area contributed by atoms with Gasteiger partial charge in [-0.05, 0) is 35.9 Å². The Morgan fingerprint density at radius 3 is 2.55 bits per heavy atom. The van der Waals surface area contributed by atoms with Gasteiger partial charge in [-0.25, -0.2) is 4.39 Å². The first-order valence-corrected chi connectivity index (χ1v) is 6.14. The molecule has 0 amide bonds. The van der Waals surface area contributed by atoms with E-state index in [4.69, 9.17) is 4.74 Å². The molecule has 3 nitrogen and oxygen atoms in total. The molecule has 0 aliphatic rings. The summed E-state index contributed by atoms with van der Waals surface area (Å²) in [6.45, 7) is 0. The first-order chi connectivity index (χ1) is 9.74. The van der Waals surface area contributed by atoms with Crippen LogP contribution in [0.5, 0.6) is 5.75 Å². The van der Waals surface area contributed by atoms with E-state index in [0.29, 0.717) is 22.2 Å². The van der Waals surface area contributed by atoms with E-state index in [1.165, 1.54) is 6.07 Å². The molecule has 3 aromatic rings. The Kier molecular flexibility index (Phi) is 2.99. The van der Waals surface area contributed by atoms with Crippen LogP contribution in [0.2, 0.25) is 0 Å². The minimum atomic E-state index is -0.370. The van der Waals surface area contributed by atoms with E-state index in [-0.39, 0.29) is 5.82 Å². The molecule has 1 aromatic heterocycles. The molecule has 1 heterocycles. The minimum Gasteiger partial charge on any atom is -0.497 e. The summed E-state index contributed by atoms with van der Waals surface area (Å²) in [5, 5.41) is 0.589. The van der Waals surface area contributed by atoms with E-state index in [1.54, 1.807) is 31.4 Å². The molecule has 4 heteroatoms. The molecular weight excluding hydrogens is 257 g/mol. The average Bonchev–Trinajstić information content (AvgIpc) is 2.87. The minimum absolute atomic E-state index is 0.348. The first-order valence-electron chi connectivity index (χ1n) is 6.14. The predicted octanol–water partition coefficient (Wildman–Crippen LogP) is 3.80. The maximum atomic E-state index is 13.8. The SMILES string of the molecule is COc1ccc(-c2[nH]c3c(F)cccc3c2C=O)cc1. The van der Waals surface area contributed by atoms with Crippen LogP contribution in [-0.2, 0) is 0 Å². The van der Waals surface area contributed by atoms with Gasteiger partial charge in [-0.1, -0.05) is 12.1 Å². The van der Waals surface area contributed by atoms with Crippen LogP contribution in [0.1, 0.15) is 10.4 Å². The topological polar surface area (TPSA) is 42.1 Å². The lowest BCUT2D eigenvalue weighted by molar-refractivity contribution is 0.112. The van der Waals surface area contributed by atoms with Gasteiger partial charge in [-0.2, -0.15) is 0 Å². The van der Waals surface area contributed by atoms with Crippen molar-refractivity contribution < 1.29 is 13.9 Å². The van der Waals surface area contributed by atoms with E-state index in [1.807, 2.05) is 12.1 Å². The molecule has 0 saturated carbocycles. The van der Waals surface area contributed by atoms with Crippen LogP contribution < -0.4 is 4.74 Å². The summed E-state index contributed by atoms with van der Waals surface area (Å²) in [5.74, 6) is 0.356. The highest BCUT2D eigenvalue weighted by Crippen LogP contribution is 2.31. The quantitative estimate of drug-likeness (QED) is 0.735. The third-order valence-corrected chi connectivity index (χ3v) is 3.32. The number of aromatic nitrogens is 1. The van der Waals surface area contributed by atoms with Crippen LogP contribution in [0.15, 0.2) is 42.5 Å². The van der Waals surface area contributed by atoms with Crippen molar-refractivity contribution in [2.24, 2.45) is 0 Å². The van der Waals surface area contributed by atoms with E-state index >= 15 is 0 Å². The number of ether oxygens (including phenoxy) is 1. The number of carbonyl (C=O) groups is 1. The lowest BCUT2D eigenvalue weighted by Gasteiger charge is -2.02. The van der Waals surface area contributed by atoms with Gasteiger partial charge in [-0.3, -0.25) is 4.79 Å². The van der Waals surface area contributed by atoms with Gasteiger partial charge in [0, 0.05) is 10.9 Å². The van der Waals surface area contributed by atoms with Gasteiger partial charge in [0.25, 0.3) is 0 Å². The third-order valence-electron chi connectivity index (χ3n) is 3.32. The van der Waals surface area contributed by atoms with Crippen LogP contribution in [0.25, 0.3) is 22.2 Å². The van der Waals surface area contributed by atoms with Gasteiger partial charge in [0.1, 0.15) is 11.6 Å². The number of carbonyl (C=O) groups excluding carboxylic acids is 1. The van der Waals surface area contributed by atoms with Crippen LogP contribution in [0.4, 0.5) is 4.39 Å². The van der Waals surface area contributed by atoms with Crippen molar-refractivity contribution in [3.8, 4) is 17.0 Å². The number of aromatic amines is 1. The molecule has 0 bridgehead atoms. The van der Waals surface area contributed by atoms with Crippen molar-refractivity contribution in [1.29, 1.82) is 0 Å². The van der Waals surface area contributed by atoms with Gasteiger partial charge in [0.2, 0.25) is 0 Å². The van der Waals surface area contributed by atoms with E-state index < -0.39 is 0 Å².